The number of aliphatic hydroxyl groups is 2. The summed E-state index contributed by atoms with van der Waals surface area (Å²) < 4.78 is 42.4. The molecule has 1 saturated heterocycles. The van der Waals surface area contributed by atoms with Gasteiger partial charge in [0.25, 0.3) is 0 Å². The fourth-order valence-corrected chi connectivity index (χ4v) is 10.1. The number of amides is 1. The van der Waals surface area contributed by atoms with Crippen molar-refractivity contribution in [2.45, 2.75) is 128 Å². The van der Waals surface area contributed by atoms with Crippen molar-refractivity contribution in [1.29, 1.82) is 0 Å². The first kappa shape index (κ1) is 44.9. The van der Waals surface area contributed by atoms with Crippen LogP contribution in [0.4, 0.5) is 4.79 Å². The van der Waals surface area contributed by atoms with Gasteiger partial charge >= 0.3 is 24.0 Å². The number of carbonyl (C=O) groups excluding carboxylic acids is 5. The third-order valence-electron chi connectivity index (χ3n) is 13.0. The minimum atomic E-state index is -2.22. The van der Waals surface area contributed by atoms with Crippen LogP contribution >= 0.6 is 0 Å². The summed E-state index contributed by atoms with van der Waals surface area (Å²) in [6.07, 6.45) is -9.31. The Balaban J connectivity index is 1.52. The number of aliphatic hydroxyl groups excluding tert-OH is 1. The van der Waals surface area contributed by atoms with Crippen LogP contribution < -0.4 is 5.32 Å². The van der Waals surface area contributed by atoms with Gasteiger partial charge in [-0.3, -0.25) is 9.59 Å². The molecular weight excluding hydrogens is 778 g/mol. The second-order valence-electron chi connectivity index (χ2n) is 18.0. The molecule has 3 aliphatic carbocycles. The van der Waals surface area contributed by atoms with E-state index >= 15 is 4.79 Å². The van der Waals surface area contributed by atoms with Crippen LogP contribution in [0.3, 0.4) is 0 Å². The van der Waals surface area contributed by atoms with E-state index in [-0.39, 0.29) is 24.2 Å². The van der Waals surface area contributed by atoms with E-state index in [0.717, 1.165) is 0 Å². The number of methoxy groups -OCH3 is 2. The number of rotatable bonds is 10. The van der Waals surface area contributed by atoms with Gasteiger partial charge in [-0.25, -0.2) is 14.4 Å². The van der Waals surface area contributed by atoms with E-state index < -0.39 is 112 Å². The number of hydrogen-bond donors (Lipinski definition) is 3. The third-order valence-corrected chi connectivity index (χ3v) is 13.0. The quantitative estimate of drug-likeness (QED) is 0.171. The molecule has 15 nitrogen and oxygen atoms in total. The van der Waals surface area contributed by atoms with E-state index in [0.29, 0.717) is 11.1 Å². The van der Waals surface area contributed by atoms with Gasteiger partial charge in [-0.15, -0.1) is 0 Å². The highest BCUT2D eigenvalue weighted by atomic mass is 16.6. The molecule has 3 N–H and O–H groups in total. The molecule has 326 valence electrons. The van der Waals surface area contributed by atoms with Crippen molar-refractivity contribution in [2.24, 2.45) is 16.7 Å². The Kier molecular flexibility index (Phi) is 12.2. The van der Waals surface area contributed by atoms with Gasteiger partial charge in [0.15, 0.2) is 17.5 Å². The predicted molar refractivity (Wildman–Crippen MR) is 213 cm³/mol. The Morgan fingerprint density at radius 2 is 1.55 bits per heavy atom. The molecule has 3 fully saturated rings. The summed E-state index contributed by atoms with van der Waals surface area (Å²) in [6, 6.07) is 15.1. The summed E-state index contributed by atoms with van der Waals surface area (Å²) >= 11 is 0. The van der Waals surface area contributed by atoms with Crippen molar-refractivity contribution in [3.63, 3.8) is 0 Å². The van der Waals surface area contributed by atoms with Gasteiger partial charge in [0, 0.05) is 39.4 Å². The van der Waals surface area contributed by atoms with Crippen LogP contribution in [0.25, 0.3) is 0 Å². The SMILES string of the molecule is CO[C@H]1C(=O)[C@@]2(C)C(C(OC(=O)c3ccccc3)[C@]3(O)CC(OC(=O)[C@H](O)[C@@H](NC(=O)OC(C)(C)C)c4ccccc4)C(C)=C1C3(C)C)[C@]1(OC(C)=O)CO[C@@H]1C[C@@H]2OC. The molecule has 6 rings (SSSR count). The molecule has 11 atom stereocenters. The summed E-state index contributed by atoms with van der Waals surface area (Å²) in [6.45, 7) is 12.7. The van der Waals surface area contributed by atoms with E-state index in [1.807, 2.05) is 0 Å². The number of ketones is 1. The first-order valence-corrected chi connectivity index (χ1v) is 20.1. The van der Waals surface area contributed by atoms with Crippen molar-refractivity contribution in [3.05, 3.63) is 82.9 Å². The molecule has 2 aromatic rings. The molecule has 0 spiro atoms. The van der Waals surface area contributed by atoms with Crippen LogP contribution in [-0.4, -0.2) is 114 Å². The fourth-order valence-electron chi connectivity index (χ4n) is 10.1. The maximum Gasteiger partial charge on any atom is 0.408 e. The van der Waals surface area contributed by atoms with Crippen molar-refractivity contribution in [1.82, 2.24) is 5.32 Å². The average Bonchev–Trinajstić information content (AvgIpc) is 3.18. The Morgan fingerprint density at radius 1 is 0.933 bits per heavy atom. The van der Waals surface area contributed by atoms with Gasteiger partial charge in [0.1, 0.15) is 35.6 Å². The molecule has 0 aromatic heterocycles. The number of benzene rings is 2. The third kappa shape index (κ3) is 7.52. The Morgan fingerprint density at radius 3 is 2.08 bits per heavy atom. The number of nitrogens with one attached hydrogen (secondary N) is 1. The van der Waals surface area contributed by atoms with E-state index in [9.17, 15) is 29.4 Å². The van der Waals surface area contributed by atoms with Crippen LogP contribution in [0, 0.1) is 16.7 Å². The first-order valence-electron chi connectivity index (χ1n) is 20.1. The van der Waals surface area contributed by atoms with Gasteiger partial charge in [-0.1, -0.05) is 62.4 Å². The van der Waals surface area contributed by atoms with E-state index in [4.69, 9.17) is 33.2 Å². The summed E-state index contributed by atoms with van der Waals surface area (Å²) in [5.41, 5.74) is -6.72. The lowest BCUT2D eigenvalue weighted by atomic mass is 9.44. The fraction of sp³-hybridized carbons (Fsp3) is 0.578. The highest BCUT2D eigenvalue weighted by Crippen LogP contribution is 2.64. The molecule has 3 unspecified atom stereocenters. The zero-order chi connectivity index (χ0) is 44.2. The summed E-state index contributed by atoms with van der Waals surface area (Å²) in [4.78, 5) is 70.1. The van der Waals surface area contributed by atoms with Gasteiger partial charge in [0.2, 0.25) is 0 Å². The monoisotopic (exact) mass is 835 g/mol. The van der Waals surface area contributed by atoms with Gasteiger partial charge in [-0.05, 0) is 63.5 Å². The normalized spacial score (nSPS) is 33.0. The highest BCUT2D eigenvalue weighted by Gasteiger charge is 2.78. The molecule has 2 aromatic carbocycles. The maximum absolute atomic E-state index is 15.5. The number of alkyl carbamates (subject to hydrolysis) is 1. The number of esters is 3. The molecule has 0 radical (unpaired) electrons. The van der Waals surface area contributed by atoms with E-state index in [2.05, 4.69) is 5.32 Å². The second kappa shape index (κ2) is 16.3. The van der Waals surface area contributed by atoms with Crippen molar-refractivity contribution in [2.75, 3.05) is 20.8 Å². The number of carbonyl (C=O) groups is 5. The van der Waals surface area contributed by atoms with Gasteiger partial charge in [-0.2, -0.15) is 0 Å². The first-order chi connectivity index (χ1) is 28.1. The average molecular weight is 836 g/mol. The molecule has 15 heteroatoms. The molecule has 60 heavy (non-hydrogen) atoms. The molecule has 1 amide bonds. The number of Topliss-reactive ketones (excluding diaryl/α,β-unsaturated/α-hetero) is 1. The Bertz CT molecular complexity index is 2010. The van der Waals surface area contributed by atoms with Crippen LogP contribution in [0.2, 0.25) is 0 Å². The molecule has 4 aliphatic rings. The topological polar surface area (TPSA) is 202 Å². The number of fused-ring (bicyclic) bond motifs is 5. The predicted octanol–water partition coefficient (Wildman–Crippen LogP) is 4.57. The number of ether oxygens (including phenoxy) is 7. The Labute approximate surface area is 350 Å². The molecule has 2 saturated carbocycles. The maximum atomic E-state index is 15.5. The van der Waals surface area contributed by atoms with Crippen molar-refractivity contribution in [3.8, 4) is 0 Å². The van der Waals surface area contributed by atoms with Gasteiger partial charge < -0.3 is 48.7 Å². The van der Waals surface area contributed by atoms with Gasteiger partial charge in [0.05, 0.1) is 35.6 Å². The Hall–Kier alpha value is -4.67. The lowest BCUT2D eigenvalue weighted by Crippen LogP contribution is -2.82. The summed E-state index contributed by atoms with van der Waals surface area (Å²) in [5, 5.41) is 28.0. The van der Waals surface area contributed by atoms with E-state index in [1.54, 1.807) is 109 Å². The van der Waals surface area contributed by atoms with Crippen LogP contribution in [0.15, 0.2) is 71.8 Å². The summed E-state index contributed by atoms with van der Waals surface area (Å²) in [5.74, 6) is -4.52. The highest BCUT2D eigenvalue weighted by molar-refractivity contribution is 5.94. The van der Waals surface area contributed by atoms with E-state index in [1.165, 1.54) is 21.1 Å². The van der Waals surface area contributed by atoms with Crippen LogP contribution in [-0.2, 0) is 47.5 Å². The lowest BCUT2D eigenvalue weighted by molar-refractivity contribution is -0.347. The lowest BCUT2D eigenvalue weighted by Gasteiger charge is -2.67. The molecular formula is C45H57NO14. The van der Waals surface area contributed by atoms with Crippen molar-refractivity contribution < 1.29 is 67.3 Å². The second-order valence-corrected chi connectivity index (χ2v) is 18.0. The largest absolute Gasteiger partial charge is 0.456 e. The number of hydrogen-bond acceptors (Lipinski definition) is 14. The standard InChI is InChI=1S/C45H57NO14/c1-24-28(57-39(51)33(48)32(26-17-13-11-14-18-26)46-40(52)60-41(3,4)5)22-45(53)37(58-38(50)27-19-15-12-16-20-27)35-43(8,36(49)34(55-10)31(24)42(45,6)7)29(54-9)21-30-44(35,23-56-30)59-25(2)47/h11-20,28-30,32-35,37,48,53H,21-23H2,1-10H3,(H,46,52)/t28?,29-,30+,32-,33+,34+,35?,37?,43+,44-,45+/m0/s1. The van der Waals surface area contributed by atoms with Crippen LogP contribution in [0.1, 0.15) is 90.2 Å². The minimum absolute atomic E-state index is 0.121. The molecule has 1 aliphatic heterocycles. The summed E-state index contributed by atoms with van der Waals surface area (Å²) in [7, 11) is 2.78. The molecule has 2 bridgehead atoms. The zero-order valence-electron chi connectivity index (χ0n) is 35.8. The molecule has 1 heterocycles. The smallest absolute Gasteiger partial charge is 0.408 e. The zero-order valence-corrected chi connectivity index (χ0v) is 35.8. The minimum Gasteiger partial charge on any atom is -0.456 e. The van der Waals surface area contributed by atoms with Crippen LogP contribution in [0.5, 0.6) is 0 Å². The van der Waals surface area contributed by atoms with Crippen molar-refractivity contribution >= 4 is 29.8 Å².